The first-order chi connectivity index (χ1) is 7.88. The van der Waals surface area contributed by atoms with Gasteiger partial charge >= 0.3 is 96.8 Å². The molecule has 80 valence electrons. The Bertz CT molecular complexity index is 422. The van der Waals surface area contributed by atoms with E-state index < -0.39 is 0 Å². The van der Waals surface area contributed by atoms with E-state index in [-0.39, 0.29) is 0 Å². The van der Waals surface area contributed by atoms with Crippen LogP contribution < -0.4 is 4.74 Å². The summed E-state index contributed by atoms with van der Waals surface area (Å²) >= 11 is 0. The SMILES string of the molecule is COc1ccc(CCc2bcccc2)cc1. The van der Waals surface area contributed by atoms with Crippen LogP contribution in [0.5, 0.6) is 5.75 Å². The maximum atomic E-state index is 5.13. The fourth-order valence-corrected chi connectivity index (χ4v) is 1.73. The molecule has 0 aliphatic carbocycles. The Balaban J connectivity index is 1.94. The van der Waals surface area contributed by atoms with Gasteiger partial charge in [-0.2, -0.15) is 0 Å². The molecule has 16 heavy (non-hydrogen) atoms. The van der Waals surface area contributed by atoms with Crippen molar-refractivity contribution in [2.75, 3.05) is 7.11 Å². The van der Waals surface area contributed by atoms with Gasteiger partial charge in [0.25, 0.3) is 0 Å². The van der Waals surface area contributed by atoms with Gasteiger partial charge in [-0.15, -0.1) is 0 Å². The predicted molar refractivity (Wildman–Crippen MR) is 68.2 cm³/mol. The second kappa shape index (κ2) is 5.50. The van der Waals surface area contributed by atoms with Crippen molar-refractivity contribution >= 4 is 6.91 Å². The number of ether oxygens (including phenoxy) is 1. The van der Waals surface area contributed by atoms with E-state index in [0.717, 1.165) is 18.6 Å². The van der Waals surface area contributed by atoms with E-state index in [1.165, 1.54) is 11.0 Å². The molecular weight excluding hydrogens is 195 g/mol. The molecule has 0 saturated carbocycles. The van der Waals surface area contributed by atoms with Crippen LogP contribution in [-0.2, 0) is 12.8 Å². The van der Waals surface area contributed by atoms with Crippen LogP contribution >= 0.6 is 0 Å². The summed E-state index contributed by atoms with van der Waals surface area (Å²) in [7, 11) is 1.69. The van der Waals surface area contributed by atoms with Crippen molar-refractivity contribution < 1.29 is 4.74 Å². The van der Waals surface area contributed by atoms with Crippen molar-refractivity contribution in [2.45, 2.75) is 12.8 Å². The number of rotatable bonds is 4. The first-order valence-corrected chi connectivity index (χ1v) is 5.55. The molecule has 0 aliphatic heterocycles. The van der Waals surface area contributed by atoms with Gasteiger partial charge in [0.05, 0.1) is 0 Å². The summed E-state index contributed by atoms with van der Waals surface area (Å²) < 4.78 is 5.13. The molecule has 0 radical (unpaired) electrons. The Morgan fingerprint density at radius 1 is 1.00 bits per heavy atom. The standard InChI is InChI=1S/C14H15BO/c1-16-14-9-6-12(7-10-14)5-8-13-4-2-3-11-15-13/h2-4,6-7,9-11H,5,8H2,1H3. The molecule has 0 unspecified atom stereocenters. The molecule has 0 N–H and O–H groups in total. The Morgan fingerprint density at radius 2 is 1.81 bits per heavy atom. The van der Waals surface area contributed by atoms with Gasteiger partial charge in [-0.1, -0.05) is 0 Å². The summed E-state index contributed by atoms with van der Waals surface area (Å²) in [6.07, 6.45) is 2.17. The van der Waals surface area contributed by atoms with Crippen LogP contribution in [0.1, 0.15) is 11.0 Å². The third kappa shape index (κ3) is 2.96. The number of methoxy groups -OCH3 is 1. The maximum absolute atomic E-state index is 5.13. The minimum absolute atomic E-state index is 0.920. The molecule has 0 aliphatic rings. The zero-order valence-corrected chi connectivity index (χ0v) is 9.52. The van der Waals surface area contributed by atoms with E-state index in [1.807, 2.05) is 12.1 Å². The summed E-state index contributed by atoms with van der Waals surface area (Å²) in [5.41, 5.74) is 2.74. The van der Waals surface area contributed by atoms with Crippen LogP contribution in [-0.4, -0.2) is 14.0 Å². The molecule has 0 bridgehead atoms. The van der Waals surface area contributed by atoms with Crippen molar-refractivity contribution in [1.82, 2.24) is 0 Å². The summed E-state index contributed by atoms with van der Waals surface area (Å²) in [6, 6.07) is 14.6. The molecular formula is C14H15BO. The summed E-state index contributed by atoms with van der Waals surface area (Å²) in [6.45, 7) is 2.17. The first-order valence-electron chi connectivity index (χ1n) is 5.55. The minimum atomic E-state index is 0.920. The fourth-order valence-electron chi connectivity index (χ4n) is 1.73. The number of hydrogen-bond acceptors (Lipinski definition) is 1. The van der Waals surface area contributed by atoms with Crippen LogP contribution in [0, 0.1) is 0 Å². The quantitative estimate of drug-likeness (QED) is 0.753. The second-order valence-corrected chi connectivity index (χ2v) is 3.83. The van der Waals surface area contributed by atoms with Gasteiger partial charge in [0, 0.05) is 0 Å². The number of benzene rings is 1. The fraction of sp³-hybridized carbons (Fsp3) is 0.214. The number of hydrogen-bond donors (Lipinski definition) is 0. The third-order valence-corrected chi connectivity index (χ3v) is 2.70. The average molecular weight is 210 g/mol. The summed E-state index contributed by atoms with van der Waals surface area (Å²) in [5, 5.41) is 0. The van der Waals surface area contributed by atoms with Crippen molar-refractivity contribution in [3.05, 3.63) is 59.4 Å². The van der Waals surface area contributed by atoms with Gasteiger partial charge in [0.1, 0.15) is 0 Å². The zero-order valence-electron chi connectivity index (χ0n) is 9.52. The van der Waals surface area contributed by atoms with Crippen molar-refractivity contribution in [3.63, 3.8) is 0 Å². The Morgan fingerprint density at radius 3 is 2.44 bits per heavy atom. The van der Waals surface area contributed by atoms with E-state index in [2.05, 4.69) is 43.2 Å². The topological polar surface area (TPSA) is 9.23 Å². The van der Waals surface area contributed by atoms with E-state index >= 15 is 0 Å². The van der Waals surface area contributed by atoms with E-state index in [0.29, 0.717) is 0 Å². The molecule has 0 fully saturated rings. The number of aryl methyl sites for hydroxylation is 2. The molecule has 2 aromatic rings. The zero-order chi connectivity index (χ0) is 11.2. The Hall–Kier alpha value is -1.57. The summed E-state index contributed by atoms with van der Waals surface area (Å²) in [5.74, 6) is 3.01. The predicted octanol–water partition coefficient (Wildman–Crippen LogP) is 2.82. The molecule has 0 saturated heterocycles. The van der Waals surface area contributed by atoms with Gasteiger partial charge in [0.15, 0.2) is 0 Å². The van der Waals surface area contributed by atoms with Gasteiger partial charge in [-0.05, 0) is 0 Å². The third-order valence-electron chi connectivity index (χ3n) is 2.70. The van der Waals surface area contributed by atoms with E-state index in [4.69, 9.17) is 4.74 Å². The molecule has 2 heteroatoms. The molecule has 1 aromatic heterocycles. The molecule has 2 rings (SSSR count). The molecule has 0 amide bonds. The average Bonchev–Trinajstić information content (AvgIpc) is 2.38. The van der Waals surface area contributed by atoms with Crippen LogP contribution in [0.4, 0.5) is 0 Å². The van der Waals surface area contributed by atoms with E-state index in [1.54, 1.807) is 7.11 Å². The van der Waals surface area contributed by atoms with Gasteiger partial charge < -0.3 is 0 Å². The van der Waals surface area contributed by atoms with E-state index in [9.17, 15) is 0 Å². The molecule has 0 spiro atoms. The normalized spacial score (nSPS) is 9.81. The van der Waals surface area contributed by atoms with Crippen molar-refractivity contribution in [2.24, 2.45) is 0 Å². The molecule has 0 atom stereocenters. The van der Waals surface area contributed by atoms with Crippen LogP contribution in [0.2, 0.25) is 0 Å². The summed E-state index contributed by atoms with van der Waals surface area (Å²) in [4.78, 5) is 0. The van der Waals surface area contributed by atoms with Crippen LogP contribution in [0.25, 0.3) is 0 Å². The van der Waals surface area contributed by atoms with Crippen molar-refractivity contribution in [1.29, 1.82) is 0 Å². The van der Waals surface area contributed by atoms with Gasteiger partial charge in [-0.3, -0.25) is 0 Å². The van der Waals surface area contributed by atoms with Crippen LogP contribution in [0.15, 0.2) is 48.4 Å². The molecule has 1 heterocycles. The Labute approximate surface area is 97.3 Å². The second-order valence-electron chi connectivity index (χ2n) is 3.83. The Kier molecular flexibility index (Phi) is 3.76. The van der Waals surface area contributed by atoms with Crippen molar-refractivity contribution in [3.8, 4) is 5.75 Å². The van der Waals surface area contributed by atoms with Gasteiger partial charge in [0.2, 0.25) is 0 Å². The molecule has 1 aromatic carbocycles. The monoisotopic (exact) mass is 210 g/mol. The first kappa shape index (κ1) is 10.9. The van der Waals surface area contributed by atoms with Gasteiger partial charge in [-0.25, -0.2) is 0 Å². The molecule has 1 nitrogen and oxygen atoms in total. The van der Waals surface area contributed by atoms with Crippen LogP contribution in [0.3, 0.4) is 0 Å².